The number of carbonyl (C=O) groups is 1. The third kappa shape index (κ3) is 3.41. The van der Waals surface area contributed by atoms with Gasteiger partial charge in [-0.3, -0.25) is 0 Å². The van der Waals surface area contributed by atoms with E-state index in [-0.39, 0.29) is 19.1 Å². The summed E-state index contributed by atoms with van der Waals surface area (Å²) in [6.45, 7) is -0.202. The summed E-state index contributed by atoms with van der Waals surface area (Å²) in [5, 5.41) is 19.4. The average molecular weight is 380 g/mol. The standard InChI is InChI=1S/C21H21BO6/c22-17-11-26-18(9-23)19(24)20(17)28-21(25)27-10-16-14-7-3-1-5-12(14)13-6-2-4-8-15(13)16/h1-8,16-20,23-24H,9-11H2/t17-,18?,19?,20?/m1/s1. The quantitative estimate of drug-likeness (QED) is 0.624. The maximum absolute atomic E-state index is 12.3. The molecule has 0 aromatic heterocycles. The first-order chi connectivity index (χ1) is 13.6. The van der Waals surface area contributed by atoms with Crippen LogP contribution in [0.4, 0.5) is 4.79 Å². The molecule has 7 heteroatoms. The molecule has 4 atom stereocenters. The third-order valence-corrected chi connectivity index (χ3v) is 5.38. The second-order valence-corrected chi connectivity index (χ2v) is 7.08. The zero-order chi connectivity index (χ0) is 19.7. The maximum atomic E-state index is 12.3. The van der Waals surface area contributed by atoms with Gasteiger partial charge < -0.3 is 24.4 Å². The maximum Gasteiger partial charge on any atom is 0.508 e. The van der Waals surface area contributed by atoms with E-state index in [4.69, 9.17) is 22.1 Å². The molecule has 1 aliphatic carbocycles. The number of aliphatic hydroxyl groups excluding tert-OH is 2. The van der Waals surface area contributed by atoms with E-state index >= 15 is 0 Å². The molecule has 2 aliphatic rings. The van der Waals surface area contributed by atoms with Crippen LogP contribution in [0.25, 0.3) is 11.1 Å². The van der Waals surface area contributed by atoms with Crippen LogP contribution in [0.15, 0.2) is 48.5 Å². The van der Waals surface area contributed by atoms with Gasteiger partial charge >= 0.3 is 6.16 Å². The summed E-state index contributed by atoms with van der Waals surface area (Å²) < 4.78 is 15.9. The number of hydrogen-bond acceptors (Lipinski definition) is 6. The Kier molecular flexibility index (Phi) is 5.39. The predicted molar refractivity (Wildman–Crippen MR) is 102 cm³/mol. The smallest absolute Gasteiger partial charge is 0.433 e. The van der Waals surface area contributed by atoms with Gasteiger partial charge in [-0.05, 0) is 28.1 Å². The molecule has 0 saturated carbocycles. The van der Waals surface area contributed by atoms with E-state index in [2.05, 4.69) is 12.1 Å². The Morgan fingerprint density at radius 3 is 2.32 bits per heavy atom. The zero-order valence-electron chi connectivity index (χ0n) is 15.2. The van der Waals surface area contributed by atoms with Gasteiger partial charge in [0.05, 0.1) is 14.5 Å². The highest BCUT2D eigenvalue weighted by atomic mass is 16.7. The number of rotatable bonds is 4. The highest BCUT2D eigenvalue weighted by molar-refractivity contribution is 6.12. The Bertz CT molecular complexity index is 811. The van der Waals surface area contributed by atoms with Crippen molar-refractivity contribution in [1.82, 2.24) is 0 Å². The van der Waals surface area contributed by atoms with Gasteiger partial charge in [0, 0.05) is 12.5 Å². The fourth-order valence-corrected chi connectivity index (χ4v) is 3.95. The molecular weight excluding hydrogens is 359 g/mol. The second-order valence-electron chi connectivity index (χ2n) is 7.08. The van der Waals surface area contributed by atoms with Crippen molar-refractivity contribution < 1.29 is 29.2 Å². The Balaban J connectivity index is 1.44. The number of aliphatic hydroxyl groups is 2. The number of hydrogen-bond donors (Lipinski definition) is 2. The molecule has 1 fully saturated rings. The first-order valence-corrected chi connectivity index (χ1v) is 9.28. The summed E-state index contributed by atoms with van der Waals surface area (Å²) in [5.41, 5.74) is 4.46. The molecule has 6 nitrogen and oxygen atoms in total. The van der Waals surface area contributed by atoms with Crippen LogP contribution < -0.4 is 0 Å². The second kappa shape index (κ2) is 7.95. The zero-order valence-corrected chi connectivity index (χ0v) is 15.2. The van der Waals surface area contributed by atoms with E-state index in [0.717, 1.165) is 22.3 Å². The summed E-state index contributed by atoms with van der Waals surface area (Å²) in [4.78, 5) is 12.3. The molecule has 2 N–H and O–H groups in total. The normalized spacial score (nSPS) is 26.4. The molecule has 1 saturated heterocycles. The molecule has 2 aromatic rings. The van der Waals surface area contributed by atoms with E-state index < -0.39 is 36.9 Å². The van der Waals surface area contributed by atoms with Crippen molar-refractivity contribution in [2.75, 3.05) is 19.8 Å². The summed E-state index contributed by atoms with van der Waals surface area (Å²) in [7, 11) is 5.88. The van der Waals surface area contributed by atoms with Gasteiger partial charge in [0.15, 0.2) is 0 Å². The lowest BCUT2D eigenvalue weighted by atomic mass is 9.78. The highest BCUT2D eigenvalue weighted by Crippen LogP contribution is 2.44. The minimum Gasteiger partial charge on any atom is -0.433 e. The van der Waals surface area contributed by atoms with Gasteiger partial charge in [-0.25, -0.2) is 4.79 Å². The van der Waals surface area contributed by atoms with Crippen molar-refractivity contribution in [3.8, 4) is 11.1 Å². The van der Waals surface area contributed by atoms with Crippen LogP contribution >= 0.6 is 0 Å². The molecule has 2 aromatic carbocycles. The predicted octanol–water partition coefficient (Wildman–Crippen LogP) is 2.03. The number of carbonyl (C=O) groups excluding carboxylic acids is 1. The van der Waals surface area contributed by atoms with E-state index in [1.807, 2.05) is 36.4 Å². The monoisotopic (exact) mass is 380 g/mol. The van der Waals surface area contributed by atoms with E-state index in [0.29, 0.717) is 0 Å². The van der Waals surface area contributed by atoms with Crippen molar-refractivity contribution in [3.63, 3.8) is 0 Å². The van der Waals surface area contributed by atoms with Crippen molar-refractivity contribution in [2.24, 2.45) is 0 Å². The molecule has 0 bridgehead atoms. The van der Waals surface area contributed by atoms with Gasteiger partial charge in [0.1, 0.15) is 24.9 Å². The average Bonchev–Trinajstić information content (AvgIpc) is 3.03. The Hall–Kier alpha value is -2.35. The van der Waals surface area contributed by atoms with Crippen LogP contribution in [0.1, 0.15) is 17.0 Å². The minimum absolute atomic E-state index is 0.0730. The van der Waals surface area contributed by atoms with Crippen LogP contribution in [0.5, 0.6) is 0 Å². The number of ether oxygens (including phenoxy) is 3. The number of benzene rings is 2. The van der Waals surface area contributed by atoms with Crippen LogP contribution in [0.3, 0.4) is 0 Å². The molecule has 2 radical (unpaired) electrons. The summed E-state index contributed by atoms with van der Waals surface area (Å²) in [6.07, 6.45) is -3.96. The van der Waals surface area contributed by atoms with Crippen LogP contribution in [-0.2, 0) is 14.2 Å². The minimum atomic E-state index is -1.21. The summed E-state index contributed by atoms with van der Waals surface area (Å²) in [6, 6.07) is 16.1. The van der Waals surface area contributed by atoms with Gasteiger partial charge in [0.25, 0.3) is 0 Å². The Morgan fingerprint density at radius 1 is 1.11 bits per heavy atom. The Labute approximate surface area is 164 Å². The lowest BCUT2D eigenvalue weighted by Crippen LogP contribution is -2.51. The SMILES string of the molecule is [B][C@@H]1COC(CO)C(O)C1OC(=O)OCC1c2ccccc2-c2ccccc21. The molecule has 144 valence electrons. The molecule has 3 unspecified atom stereocenters. The third-order valence-electron chi connectivity index (χ3n) is 5.38. The van der Waals surface area contributed by atoms with Crippen LogP contribution in [0, 0.1) is 0 Å². The van der Waals surface area contributed by atoms with Gasteiger partial charge in [-0.1, -0.05) is 48.5 Å². The summed E-state index contributed by atoms with van der Waals surface area (Å²) >= 11 is 0. The fraction of sp³-hybridized carbons (Fsp3) is 0.381. The van der Waals surface area contributed by atoms with Crippen molar-refractivity contribution in [2.45, 2.75) is 30.0 Å². The molecular formula is C21H21BO6. The van der Waals surface area contributed by atoms with Crippen LogP contribution in [-0.4, -0.2) is 62.3 Å². The Morgan fingerprint density at radius 2 is 1.71 bits per heavy atom. The number of fused-ring (bicyclic) bond motifs is 3. The van der Waals surface area contributed by atoms with Gasteiger partial charge in [0.2, 0.25) is 0 Å². The van der Waals surface area contributed by atoms with Crippen molar-refractivity contribution in [1.29, 1.82) is 0 Å². The molecule has 28 heavy (non-hydrogen) atoms. The van der Waals surface area contributed by atoms with Gasteiger partial charge in [-0.2, -0.15) is 0 Å². The fourth-order valence-electron chi connectivity index (χ4n) is 3.95. The van der Waals surface area contributed by atoms with Crippen molar-refractivity contribution >= 4 is 14.0 Å². The lowest BCUT2D eigenvalue weighted by molar-refractivity contribution is -0.154. The molecule has 0 spiro atoms. The first-order valence-electron chi connectivity index (χ1n) is 9.28. The van der Waals surface area contributed by atoms with E-state index in [1.54, 1.807) is 0 Å². The largest absolute Gasteiger partial charge is 0.508 e. The van der Waals surface area contributed by atoms with E-state index in [9.17, 15) is 15.0 Å². The molecule has 1 heterocycles. The first kappa shape index (κ1) is 19.0. The van der Waals surface area contributed by atoms with Crippen molar-refractivity contribution in [3.05, 3.63) is 59.7 Å². The van der Waals surface area contributed by atoms with Crippen LogP contribution in [0.2, 0.25) is 5.82 Å². The molecule has 0 amide bonds. The van der Waals surface area contributed by atoms with Gasteiger partial charge in [-0.15, -0.1) is 0 Å². The molecule has 4 rings (SSSR count). The van der Waals surface area contributed by atoms with E-state index in [1.165, 1.54) is 0 Å². The summed E-state index contributed by atoms with van der Waals surface area (Å²) in [5.74, 6) is -0.781. The highest BCUT2D eigenvalue weighted by Gasteiger charge is 2.40. The topological polar surface area (TPSA) is 85.2 Å². The molecule has 1 aliphatic heterocycles. The lowest BCUT2D eigenvalue weighted by Gasteiger charge is -2.37.